The Bertz CT molecular complexity index is 336. The SMILES string of the molecule is Cc1nn(C)c2c1CN(CC1CC1)C2. The Balaban J connectivity index is 1.79. The van der Waals surface area contributed by atoms with Gasteiger partial charge in [0.05, 0.1) is 11.4 Å². The monoisotopic (exact) mass is 191 g/mol. The molecule has 0 unspecified atom stereocenters. The molecule has 0 atom stereocenters. The molecule has 1 aliphatic carbocycles. The molecule has 3 nitrogen and oxygen atoms in total. The van der Waals surface area contributed by atoms with E-state index in [-0.39, 0.29) is 0 Å². The summed E-state index contributed by atoms with van der Waals surface area (Å²) in [6.07, 6.45) is 2.90. The lowest BCUT2D eigenvalue weighted by atomic mass is 10.2. The maximum atomic E-state index is 4.45. The van der Waals surface area contributed by atoms with Gasteiger partial charge in [-0.05, 0) is 25.7 Å². The van der Waals surface area contributed by atoms with Gasteiger partial charge < -0.3 is 0 Å². The van der Waals surface area contributed by atoms with Crippen molar-refractivity contribution in [1.29, 1.82) is 0 Å². The first-order valence-corrected chi connectivity index (χ1v) is 5.47. The van der Waals surface area contributed by atoms with Crippen LogP contribution in [0.4, 0.5) is 0 Å². The molecule has 2 aliphatic rings. The number of fused-ring (bicyclic) bond motifs is 1. The fourth-order valence-corrected chi connectivity index (χ4v) is 2.44. The number of aromatic nitrogens is 2. The molecule has 1 aromatic heterocycles. The zero-order valence-electron chi connectivity index (χ0n) is 8.95. The fraction of sp³-hybridized carbons (Fsp3) is 0.727. The number of hydrogen-bond acceptors (Lipinski definition) is 2. The molecule has 1 fully saturated rings. The molecule has 14 heavy (non-hydrogen) atoms. The predicted octanol–water partition coefficient (Wildman–Crippen LogP) is 1.45. The number of hydrogen-bond donors (Lipinski definition) is 0. The highest BCUT2D eigenvalue weighted by atomic mass is 15.3. The lowest BCUT2D eigenvalue weighted by Crippen LogP contribution is -2.20. The van der Waals surface area contributed by atoms with E-state index < -0.39 is 0 Å². The lowest BCUT2D eigenvalue weighted by Gasteiger charge is -2.14. The van der Waals surface area contributed by atoms with Crippen molar-refractivity contribution < 1.29 is 0 Å². The van der Waals surface area contributed by atoms with Crippen LogP contribution in [-0.2, 0) is 20.1 Å². The average Bonchev–Trinajstić information content (AvgIpc) is 2.75. The van der Waals surface area contributed by atoms with Crippen LogP contribution in [0, 0.1) is 12.8 Å². The molecular formula is C11H17N3. The Morgan fingerprint density at radius 3 is 2.79 bits per heavy atom. The quantitative estimate of drug-likeness (QED) is 0.705. The van der Waals surface area contributed by atoms with Gasteiger partial charge in [-0.15, -0.1) is 0 Å². The molecule has 0 aromatic carbocycles. The van der Waals surface area contributed by atoms with E-state index >= 15 is 0 Å². The van der Waals surface area contributed by atoms with Crippen molar-refractivity contribution >= 4 is 0 Å². The highest BCUT2D eigenvalue weighted by Gasteiger charge is 2.30. The van der Waals surface area contributed by atoms with Gasteiger partial charge in [0.1, 0.15) is 0 Å². The largest absolute Gasteiger partial charge is 0.293 e. The van der Waals surface area contributed by atoms with Crippen LogP contribution in [-0.4, -0.2) is 21.2 Å². The molecule has 2 heterocycles. The van der Waals surface area contributed by atoms with Crippen molar-refractivity contribution in [3.05, 3.63) is 17.0 Å². The third kappa shape index (κ3) is 1.27. The van der Waals surface area contributed by atoms with Gasteiger partial charge in [-0.3, -0.25) is 9.58 Å². The van der Waals surface area contributed by atoms with Crippen LogP contribution in [0.3, 0.4) is 0 Å². The van der Waals surface area contributed by atoms with Crippen LogP contribution in [0.5, 0.6) is 0 Å². The molecule has 0 N–H and O–H groups in total. The molecule has 1 aromatic rings. The van der Waals surface area contributed by atoms with E-state index in [0.29, 0.717) is 0 Å². The third-order valence-electron chi connectivity index (χ3n) is 3.44. The number of aryl methyl sites for hydroxylation is 2. The normalized spacial score (nSPS) is 21.6. The Kier molecular flexibility index (Phi) is 1.71. The van der Waals surface area contributed by atoms with Crippen LogP contribution in [0.2, 0.25) is 0 Å². The van der Waals surface area contributed by atoms with Gasteiger partial charge >= 0.3 is 0 Å². The van der Waals surface area contributed by atoms with E-state index in [2.05, 4.69) is 28.7 Å². The average molecular weight is 191 g/mol. The van der Waals surface area contributed by atoms with E-state index in [9.17, 15) is 0 Å². The minimum absolute atomic E-state index is 0.998. The molecule has 1 saturated carbocycles. The minimum Gasteiger partial charge on any atom is -0.293 e. The summed E-state index contributed by atoms with van der Waals surface area (Å²) in [5, 5.41) is 4.45. The summed E-state index contributed by atoms with van der Waals surface area (Å²) in [5.41, 5.74) is 4.14. The Hall–Kier alpha value is -0.830. The van der Waals surface area contributed by atoms with Gasteiger partial charge in [-0.1, -0.05) is 0 Å². The van der Waals surface area contributed by atoms with E-state index in [1.54, 1.807) is 0 Å². The molecule has 3 rings (SSSR count). The molecule has 0 radical (unpaired) electrons. The molecule has 0 saturated heterocycles. The van der Waals surface area contributed by atoms with Crippen LogP contribution in [0.1, 0.15) is 29.8 Å². The zero-order chi connectivity index (χ0) is 9.71. The fourth-order valence-electron chi connectivity index (χ4n) is 2.44. The first-order chi connectivity index (χ1) is 6.74. The van der Waals surface area contributed by atoms with Crippen molar-refractivity contribution in [3.8, 4) is 0 Å². The van der Waals surface area contributed by atoms with Crippen molar-refractivity contribution in [1.82, 2.24) is 14.7 Å². The van der Waals surface area contributed by atoms with Gasteiger partial charge in [0.25, 0.3) is 0 Å². The van der Waals surface area contributed by atoms with Crippen molar-refractivity contribution in [2.75, 3.05) is 6.54 Å². The van der Waals surface area contributed by atoms with Crippen LogP contribution in [0.15, 0.2) is 0 Å². The standard InChI is InChI=1S/C11H17N3/c1-8-10-6-14(5-9-3-4-9)7-11(10)13(2)12-8/h9H,3-7H2,1-2H3. The maximum absolute atomic E-state index is 4.45. The third-order valence-corrected chi connectivity index (χ3v) is 3.44. The minimum atomic E-state index is 0.998. The predicted molar refractivity (Wildman–Crippen MR) is 54.8 cm³/mol. The van der Waals surface area contributed by atoms with Crippen LogP contribution < -0.4 is 0 Å². The number of rotatable bonds is 2. The lowest BCUT2D eigenvalue weighted by molar-refractivity contribution is 0.266. The van der Waals surface area contributed by atoms with Gasteiger partial charge in [0.15, 0.2) is 0 Å². The number of nitrogens with zero attached hydrogens (tertiary/aromatic N) is 3. The first-order valence-electron chi connectivity index (χ1n) is 5.47. The first kappa shape index (κ1) is 8.48. The molecule has 76 valence electrons. The van der Waals surface area contributed by atoms with Crippen molar-refractivity contribution in [2.24, 2.45) is 13.0 Å². The van der Waals surface area contributed by atoms with Crippen molar-refractivity contribution in [3.63, 3.8) is 0 Å². The van der Waals surface area contributed by atoms with Crippen molar-refractivity contribution in [2.45, 2.75) is 32.9 Å². The molecular weight excluding hydrogens is 174 g/mol. The summed E-state index contributed by atoms with van der Waals surface area (Å²) < 4.78 is 2.05. The summed E-state index contributed by atoms with van der Waals surface area (Å²) in [5.74, 6) is 0.998. The second-order valence-corrected chi connectivity index (χ2v) is 4.75. The van der Waals surface area contributed by atoms with Crippen LogP contribution >= 0.6 is 0 Å². The van der Waals surface area contributed by atoms with Gasteiger partial charge in [0, 0.05) is 32.2 Å². The Morgan fingerprint density at radius 1 is 1.36 bits per heavy atom. The smallest absolute Gasteiger partial charge is 0.0642 e. The highest BCUT2D eigenvalue weighted by molar-refractivity contribution is 5.28. The highest BCUT2D eigenvalue weighted by Crippen LogP contribution is 2.33. The van der Waals surface area contributed by atoms with Crippen LogP contribution in [0.25, 0.3) is 0 Å². The van der Waals surface area contributed by atoms with Gasteiger partial charge in [-0.2, -0.15) is 5.10 Å². The summed E-state index contributed by atoms with van der Waals surface area (Å²) >= 11 is 0. The van der Waals surface area contributed by atoms with E-state index in [1.807, 2.05) is 0 Å². The zero-order valence-corrected chi connectivity index (χ0v) is 8.95. The van der Waals surface area contributed by atoms with E-state index in [1.165, 1.54) is 36.3 Å². The summed E-state index contributed by atoms with van der Waals surface area (Å²) in [6.45, 7) is 5.67. The topological polar surface area (TPSA) is 21.1 Å². The second-order valence-electron chi connectivity index (χ2n) is 4.75. The Labute approximate surface area is 84.7 Å². The summed E-state index contributed by atoms with van der Waals surface area (Å²) in [4.78, 5) is 2.57. The molecule has 0 amide bonds. The van der Waals surface area contributed by atoms with Gasteiger partial charge in [0.2, 0.25) is 0 Å². The molecule has 0 spiro atoms. The van der Waals surface area contributed by atoms with Gasteiger partial charge in [-0.25, -0.2) is 0 Å². The molecule has 1 aliphatic heterocycles. The second kappa shape index (κ2) is 2.83. The molecule has 0 bridgehead atoms. The van der Waals surface area contributed by atoms with E-state index in [4.69, 9.17) is 0 Å². The molecule has 3 heteroatoms. The summed E-state index contributed by atoms with van der Waals surface area (Å²) in [7, 11) is 2.06. The van der Waals surface area contributed by atoms with E-state index in [0.717, 1.165) is 19.0 Å². The maximum Gasteiger partial charge on any atom is 0.0642 e. The Morgan fingerprint density at radius 2 is 2.14 bits per heavy atom. The summed E-state index contributed by atoms with van der Waals surface area (Å²) in [6, 6.07) is 0.